The first-order valence-electron chi connectivity index (χ1n) is 5.10. The van der Waals surface area contributed by atoms with Crippen molar-refractivity contribution in [1.29, 1.82) is 0 Å². The van der Waals surface area contributed by atoms with Gasteiger partial charge in [0.15, 0.2) is 0 Å². The topological polar surface area (TPSA) is 75.4 Å². The van der Waals surface area contributed by atoms with Gasteiger partial charge < -0.3 is 16.2 Å². The molecule has 0 aliphatic heterocycles. The van der Waals surface area contributed by atoms with E-state index in [9.17, 15) is 4.79 Å². The molecule has 0 unspecified atom stereocenters. The van der Waals surface area contributed by atoms with Gasteiger partial charge in [0.1, 0.15) is 0 Å². The van der Waals surface area contributed by atoms with Crippen molar-refractivity contribution in [2.24, 2.45) is 5.73 Å². The molecule has 0 aliphatic carbocycles. The average molecular weight is 234 g/mol. The number of nitrogens with two attached hydrogens (primary N) is 1. The Morgan fingerprint density at radius 1 is 1.60 bits per heavy atom. The Kier molecular flexibility index (Phi) is 6.96. The van der Waals surface area contributed by atoms with Crippen molar-refractivity contribution in [1.82, 2.24) is 5.32 Å². The number of hydrogen-bond donors (Lipinski definition) is 3. The van der Waals surface area contributed by atoms with E-state index in [4.69, 9.17) is 10.8 Å². The SMILES string of the molecule is CSCC[C@H](N)C(=O)NC(C)(C)CCO. The van der Waals surface area contributed by atoms with Crippen molar-refractivity contribution in [3.63, 3.8) is 0 Å². The minimum atomic E-state index is -0.449. The number of rotatable bonds is 7. The number of carbonyl (C=O) groups is 1. The van der Waals surface area contributed by atoms with Crippen LogP contribution in [0.5, 0.6) is 0 Å². The predicted molar refractivity (Wildman–Crippen MR) is 64.9 cm³/mol. The smallest absolute Gasteiger partial charge is 0.237 e. The zero-order valence-corrected chi connectivity index (χ0v) is 10.6. The molecule has 0 aromatic carbocycles. The molecule has 0 radical (unpaired) electrons. The molecular weight excluding hydrogens is 212 g/mol. The molecule has 0 rings (SSSR count). The summed E-state index contributed by atoms with van der Waals surface area (Å²) in [6.45, 7) is 3.82. The maximum Gasteiger partial charge on any atom is 0.237 e. The second-order valence-corrected chi connectivity index (χ2v) is 5.22. The number of thioether (sulfide) groups is 1. The highest BCUT2D eigenvalue weighted by Gasteiger charge is 2.22. The normalized spacial score (nSPS) is 13.7. The van der Waals surface area contributed by atoms with E-state index in [1.165, 1.54) is 0 Å². The molecule has 0 heterocycles. The summed E-state index contributed by atoms with van der Waals surface area (Å²) in [5, 5.41) is 11.6. The summed E-state index contributed by atoms with van der Waals surface area (Å²) < 4.78 is 0. The van der Waals surface area contributed by atoms with E-state index < -0.39 is 6.04 Å². The molecule has 0 saturated heterocycles. The molecule has 0 bridgehead atoms. The lowest BCUT2D eigenvalue weighted by Crippen LogP contribution is -2.51. The van der Waals surface area contributed by atoms with Crippen molar-refractivity contribution in [2.75, 3.05) is 18.6 Å². The van der Waals surface area contributed by atoms with Gasteiger partial charge in [-0.1, -0.05) is 0 Å². The van der Waals surface area contributed by atoms with E-state index >= 15 is 0 Å². The summed E-state index contributed by atoms with van der Waals surface area (Å²) in [5.41, 5.74) is 5.33. The zero-order chi connectivity index (χ0) is 11.9. The maximum absolute atomic E-state index is 11.6. The van der Waals surface area contributed by atoms with Crippen LogP contribution in [0.3, 0.4) is 0 Å². The van der Waals surface area contributed by atoms with Crippen LogP contribution in [0, 0.1) is 0 Å². The molecule has 15 heavy (non-hydrogen) atoms. The Hall–Kier alpha value is -0.260. The van der Waals surface area contributed by atoms with Gasteiger partial charge in [0.25, 0.3) is 0 Å². The largest absolute Gasteiger partial charge is 0.396 e. The molecule has 0 aromatic rings. The lowest BCUT2D eigenvalue weighted by atomic mass is 10.0. The van der Waals surface area contributed by atoms with Crippen LogP contribution in [0.4, 0.5) is 0 Å². The zero-order valence-electron chi connectivity index (χ0n) is 9.75. The fourth-order valence-electron chi connectivity index (χ4n) is 1.14. The van der Waals surface area contributed by atoms with Crippen molar-refractivity contribution >= 4 is 17.7 Å². The van der Waals surface area contributed by atoms with Crippen molar-refractivity contribution in [2.45, 2.75) is 38.3 Å². The van der Waals surface area contributed by atoms with Gasteiger partial charge in [-0.2, -0.15) is 11.8 Å². The van der Waals surface area contributed by atoms with Gasteiger partial charge in [0.2, 0.25) is 5.91 Å². The standard InChI is InChI=1S/C10H22N2O2S/c1-10(2,5-6-13)12-9(14)8(11)4-7-15-3/h8,13H,4-7,11H2,1-3H3,(H,12,14)/t8-/m0/s1. The Morgan fingerprint density at radius 3 is 2.67 bits per heavy atom. The summed E-state index contributed by atoms with van der Waals surface area (Å²) in [6, 6.07) is -0.449. The summed E-state index contributed by atoms with van der Waals surface area (Å²) in [4.78, 5) is 11.6. The highest BCUT2D eigenvalue weighted by Crippen LogP contribution is 2.08. The van der Waals surface area contributed by atoms with Crippen LogP contribution in [0.15, 0.2) is 0 Å². The quantitative estimate of drug-likeness (QED) is 0.594. The third kappa shape index (κ3) is 6.76. The fraction of sp³-hybridized carbons (Fsp3) is 0.900. The Morgan fingerprint density at radius 2 is 2.20 bits per heavy atom. The van der Waals surface area contributed by atoms with Crippen molar-refractivity contribution < 1.29 is 9.90 Å². The van der Waals surface area contributed by atoms with E-state index in [0.717, 1.165) is 5.75 Å². The average Bonchev–Trinajstić information content (AvgIpc) is 2.13. The van der Waals surface area contributed by atoms with Gasteiger partial charge in [-0.25, -0.2) is 0 Å². The van der Waals surface area contributed by atoms with Crippen LogP contribution in [0.2, 0.25) is 0 Å². The van der Waals surface area contributed by atoms with Crippen molar-refractivity contribution in [3.05, 3.63) is 0 Å². The summed E-state index contributed by atoms with van der Waals surface area (Å²) >= 11 is 1.68. The first-order chi connectivity index (χ1) is 6.93. The molecular formula is C10H22N2O2S. The lowest BCUT2D eigenvalue weighted by molar-refractivity contribution is -0.124. The number of nitrogens with one attached hydrogen (secondary N) is 1. The first kappa shape index (κ1) is 14.7. The van der Waals surface area contributed by atoms with Gasteiger partial charge in [-0.3, -0.25) is 4.79 Å². The third-order valence-corrected chi connectivity index (χ3v) is 2.81. The van der Waals surface area contributed by atoms with Crippen LogP contribution >= 0.6 is 11.8 Å². The molecule has 0 aromatic heterocycles. The maximum atomic E-state index is 11.6. The molecule has 0 fully saturated rings. The van der Waals surface area contributed by atoms with E-state index in [2.05, 4.69) is 5.32 Å². The van der Waals surface area contributed by atoms with E-state index in [1.54, 1.807) is 11.8 Å². The van der Waals surface area contributed by atoms with Crippen LogP contribution in [0.25, 0.3) is 0 Å². The molecule has 4 nitrogen and oxygen atoms in total. The van der Waals surface area contributed by atoms with Crippen LogP contribution in [-0.4, -0.2) is 41.2 Å². The fourth-order valence-corrected chi connectivity index (χ4v) is 1.63. The second kappa shape index (κ2) is 7.09. The first-order valence-corrected chi connectivity index (χ1v) is 6.49. The summed E-state index contributed by atoms with van der Waals surface area (Å²) in [5.74, 6) is 0.747. The number of aliphatic hydroxyl groups is 1. The van der Waals surface area contributed by atoms with Gasteiger partial charge in [-0.15, -0.1) is 0 Å². The van der Waals surface area contributed by atoms with Gasteiger partial charge in [0.05, 0.1) is 6.04 Å². The predicted octanol–water partition coefficient (Wildman–Crippen LogP) is 0.344. The highest BCUT2D eigenvalue weighted by atomic mass is 32.2. The molecule has 1 amide bonds. The highest BCUT2D eigenvalue weighted by molar-refractivity contribution is 7.98. The monoisotopic (exact) mass is 234 g/mol. The van der Waals surface area contributed by atoms with Crippen LogP contribution in [0.1, 0.15) is 26.7 Å². The number of amides is 1. The van der Waals surface area contributed by atoms with E-state index in [0.29, 0.717) is 12.8 Å². The third-order valence-electron chi connectivity index (χ3n) is 2.17. The minimum Gasteiger partial charge on any atom is -0.396 e. The number of hydrogen-bond acceptors (Lipinski definition) is 4. The molecule has 4 N–H and O–H groups in total. The van der Waals surface area contributed by atoms with Crippen molar-refractivity contribution in [3.8, 4) is 0 Å². The number of carbonyl (C=O) groups excluding carboxylic acids is 1. The molecule has 90 valence electrons. The van der Waals surface area contributed by atoms with E-state index in [1.807, 2.05) is 20.1 Å². The molecule has 5 heteroatoms. The van der Waals surface area contributed by atoms with E-state index in [-0.39, 0.29) is 18.1 Å². The Labute approximate surface area is 96.0 Å². The Balaban J connectivity index is 4.00. The molecule has 0 saturated carbocycles. The van der Waals surface area contributed by atoms with Gasteiger partial charge >= 0.3 is 0 Å². The molecule has 0 spiro atoms. The Bertz CT molecular complexity index is 198. The second-order valence-electron chi connectivity index (χ2n) is 4.23. The van der Waals surface area contributed by atoms with Crippen LogP contribution < -0.4 is 11.1 Å². The van der Waals surface area contributed by atoms with Gasteiger partial charge in [-0.05, 0) is 38.7 Å². The van der Waals surface area contributed by atoms with Crippen LogP contribution in [-0.2, 0) is 4.79 Å². The molecule has 1 atom stereocenters. The number of aliphatic hydroxyl groups excluding tert-OH is 1. The minimum absolute atomic E-state index is 0.0628. The molecule has 0 aliphatic rings. The summed E-state index contributed by atoms with van der Waals surface area (Å²) in [7, 11) is 0. The van der Waals surface area contributed by atoms with Gasteiger partial charge in [0, 0.05) is 12.1 Å². The lowest BCUT2D eigenvalue weighted by Gasteiger charge is -2.27. The summed E-state index contributed by atoms with van der Waals surface area (Å²) in [6.07, 6.45) is 3.20.